The number of carboxylic acids is 1. The molecule has 3 aromatic carbocycles. The van der Waals surface area contributed by atoms with Crippen molar-refractivity contribution in [1.29, 1.82) is 0 Å². The van der Waals surface area contributed by atoms with E-state index in [1.807, 2.05) is 0 Å². The van der Waals surface area contributed by atoms with Crippen LogP contribution < -0.4 is 10.1 Å². The van der Waals surface area contributed by atoms with E-state index in [4.69, 9.17) is 9.84 Å². The number of hydrogen-bond donors (Lipinski definition) is 2. The topological polar surface area (TPSA) is 75.6 Å². The number of anilines is 1. The predicted molar refractivity (Wildman–Crippen MR) is 104 cm³/mol. The normalized spacial score (nSPS) is 11.2. The molecule has 5 nitrogen and oxygen atoms in total. The number of benzene rings is 3. The summed E-state index contributed by atoms with van der Waals surface area (Å²) in [6.45, 7) is -1.25. The van der Waals surface area contributed by atoms with Gasteiger partial charge in [-0.1, -0.05) is 0 Å². The van der Waals surface area contributed by atoms with E-state index in [-0.39, 0.29) is 22.6 Å². The molecule has 0 radical (unpaired) electrons. The molecule has 3 aromatic rings. The van der Waals surface area contributed by atoms with E-state index in [1.54, 1.807) is 0 Å². The van der Waals surface area contributed by atoms with E-state index >= 15 is 0 Å². The van der Waals surface area contributed by atoms with Crippen LogP contribution in [0.3, 0.4) is 0 Å². The molecule has 166 valence electrons. The maximum absolute atomic E-state index is 13.7. The first-order valence-corrected chi connectivity index (χ1v) is 8.96. The molecule has 0 saturated heterocycles. The minimum atomic E-state index is -5.02. The van der Waals surface area contributed by atoms with Gasteiger partial charge in [-0.15, -0.1) is 0 Å². The second-order valence-electron chi connectivity index (χ2n) is 6.54. The van der Waals surface area contributed by atoms with Crippen molar-refractivity contribution in [2.45, 2.75) is 12.9 Å². The summed E-state index contributed by atoms with van der Waals surface area (Å²) in [6.07, 6.45) is -5.02. The van der Waals surface area contributed by atoms with Gasteiger partial charge in [-0.25, -0.2) is 13.6 Å². The number of aromatic carboxylic acids is 1. The number of halogens is 5. The Hall–Kier alpha value is -3.95. The first-order chi connectivity index (χ1) is 15.1. The van der Waals surface area contributed by atoms with Crippen molar-refractivity contribution in [3.8, 4) is 11.5 Å². The van der Waals surface area contributed by atoms with Crippen molar-refractivity contribution >= 4 is 17.6 Å². The first kappa shape index (κ1) is 22.7. The third-order valence-corrected chi connectivity index (χ3v) is 4.28. The van der Waals surface area contributed by atoms with Gasteiger partial charge in [0, 0.05) is 5.69 Å². The van der Waals surface area contributed by atoms with Gasteiger partial charge in [0.15, 0.2) is 0 Å². The SMILES string of the molecule is O=C(O)c1ccc(NC(=O)c2c(Oc3ccc(F)cc3)cc(CF)cc2C(F)(F)F)cc1. The summed E-state index contributed by atoms with van der Waals surface area (Å²) in [6, 6.07) is 10.4. The van der Waals surface area contributed by atoms with Crippen LogP contribution in [0.2, 0.25) is 0 Å². The molecule has 0 spiro atoms. The number of carbonyl (C=O) groups is 2. The molecule has 0 unspecified atom stereocenters. The lowest BCUT2D eigenvalue weighted by Gasteiger charge is -2.18. The summed E-state index contributed by atoms with van der Waals surface area (Å²) in [7, 11) is 0. The fourth-order valence-corrected chi connectivity index (χ4v) is 2.81. The van der Waals surface area contributed by atoms with Gasteiger partial charge in [0.25, 0.3) is 5.91 Å². The summed E-state index contributed by atoms with van der Waals surface area (Å²) >= 11 is 0. The van der Waals surface area contributed by atoms with Gasteiger partial charge >= 0.3 is 12.1 Å². The highest BCUT2D eigenvalue weighted by Crippen LogP contribution is 2.39. The molecule has 0 aliphatic rings. The molecule has 32 heavy (non-hydrogen) atoms. The largest absolute Gasteiger partial charge is 0.478 e. The lowest BCUT2D eigenvalue weighted by atomic mass is 10.0. The van der Waals surface area contributed by atoms with Gasteiger partial charge in [0.05, 0.1) is 16.7 Å². The molecule has 0 fully saturated rings. The number of carbonyl (C=O) groups excluding carboxylic acids is 1. The number of amides is 1. The fraction of sp³-hybridized carbons (Fsp3) is 0.0909. The van der Waals surface area contributed by atoms with E-state index in [9.17, 15) is 31.5 Å². The standard InChI is InChI=1S/C22H14F5NO4/c23-11-12-9-17(22(25,26)27)19(18(10-12)32-16-7-3-14(24)4-8-16)20(29)28-15-5-1-13(2-6-15)21(30)31/h1-10H,11H2,(H,28,29)(H,30,31). The number of hydrogen-bond acceptors (Lipinski definition) is 3. The van der Waals surface area contributed by atoms with Crippen LogP contribution in [0.15, 0.2) is 60.7 Å². The van der Waals surface area contributed by atoms with E-state index in [0.29, 0.717) is 6.07 Å². The lowest BCUT2D eigenvalue weighted by molar-refractivity contribution is -0.138. The molecule has 0 aliphatic heterocycles. The van der Waals surface area contributed by atoms with Crippen LogP contribution >= 0.6 is 0 Å². The maximum Gasteiger partial charge on any atom is 0.417 e. The van der Waals surface area contributed by atoms with Gasteiger partial charge in [-0.05, 0) is 66.2 Å². The molecule has 10 heteroatoms. The Morgan fingerprint density at radius 3 is 2.12 bits per heavy atom. The van der Waals surface area contributed by atoms with Crippen LogP contribution in [0.1, 0.15) is 31.8 Å². The third-order valence-electron chi connectivity index (χ3n) is 4.28. The number of nitrogens with one attached hydrogen (secondary N) is 1. The lowest BCUT2D eigenvalue weighted by Crippen LogP contribution is -2.20. The first-order valence-electron chi connectivity index (χ1n) is 8.96. The van der Waals surface area contributed by atoms with Crippen molar-refractivity contribution in [3.05, 3.63) is 88.7 Å². The highest BCUT2D eigenvalue weighted by Gasteiger charge is 2.38. The van der Waals surface area contributed by atoms with Crippen molar-refractivity contribution in [1.82, 2.24) is 0 Å². The molecule has 0 atom stereocenters. The molecule has 0 aliphatic carbocycles. The molecular formula is C22H14F5NO4. The van der Waals surface area contributed by atoms with Gasteiger partial charge < -0.3 is 15.2 Å². The summed E-state index contributed by atoms with van der Waals surface area (Å²) in [5, 5.41) is 11.2. The predicted octanol–water partition coefficient (Wildman–Crippen LogP) is 6.06. The van der Waals surface area contributed by atoms with E-state index < -0.39 is 47.4 Å². The number of carboxylic acid groups (broad SMARTS) is 1. The second kappa shape index (κ2) is 9.04. The zero-order valence-electron chi connectivity index (χ0n) is 16.0. The zero-order chi connectivity index (χ0) is 23.5. The van der Waals surface area contributed by atoms with Crippen molar-refractivity contribution < 1.29 is 41.4 Å². The Balaban J connectivity index is 2.06. The Bertz CT molecular complexity index is 1140. The van der Waals surface area contributed by atoms with Crippen LogP contribution in [0.25, 0.3) is 0 Å². The molecule has 1 amide bonds. The van der Waals surface area contributed by atoms with Gasteiger partial charge in [0.1, 0.15) is 24.0 Å². The Labute approximate surface area is 178 Å². The Morgan fingerprint density at radius 1 is 0.969 bits per heavy atom. The Kier molecular flexibility index (Phi) is 6.42. The molecule has 3 rings (SSSR count). The van der Waals surface area contributed by atoms with Crippen LogP contribution in [0.4, 0.5) is 27.6 Å². The van der Waals surface area contributed by atoms with Crippen LogP contribution in [0.5, 0.6) is 11.5 Å². The van der Waals surface area contributed by atoms with Crippen LogP contribution in [-0.4, -0.2) is 17.0 Å². The minimum Gasteiger partial charge on any atom is -0.478 e. The Morgan fingerprint density at radius 2 is 1.59 bits per heavy atom. The van der Waals surface area contributed by atoms with E-state index in [0.717, 1.165) is 42.5 Å². The third kappa shape index (κ3) is 5.20. The maximum atomic E-state index is 13.7. The van der Waals surface area contributed by atoms with E-state index in [2.05, 4.69) is 5.32 Å². The highest BCUT2D eigenvalue weighted by molar-refractivity contribution is 6.07. The second-order valence-corrected chi connectivity index (χ2v) is 6.54. The smallest absolute Gasteiger partial charge is 0.417 e. The summed E-state index contributed by atoms with van der Waals surface area (Å²) in [5.41, 5.74) is -2.79. The molecule has 0 aromatic heterocycles. The summed E-state index contributed by atoms with van der Waals surface area (Å²) in [4.78, 5) is 23.7. The number of alkyl halides is 4. The average Bonchev–Trinajstić information content (AvgIpc) is 2.74. The fourth-order valence-electron chi connectivity index (χ4n) is 2.81. The van der Waals surface area contributed by atoms with Crippen molar-refractivity contribution in [2.24, 2.45) is 0 Å². The molecule has 0 heterocycles. The number of rotatable bonds is 6. The molecule has 0 saturated carbocycles. The summed E-state index contributed by atoms with van der Waals surface area (Å²) in [5.74, 6) is -3.72. The monoisotopic (exact) mass is 451 g/mol. The van der Waals surface area contributed by atoms with E-state index in [1.165, 1.54) is 12.1 Å². The van der Waals surface area contributed by atoms with Gasteiger partial charge in [0.2, 0.25) is 0 Å². The van der Waals surface area contributed by atoms with Gasteiger partial charge in [-0.2, -0.15) is 13.2 Å². The molecule has 0 bridgehead atoms. The van der Waals surface area contributed by atoms with Crippen LogP contribution in [-0.2, 0) is 12.9 Å². The van der Waals surface area contributed by atoms with Gasteiger partial charge in [-0.3, -0.25) is 4.79 Å². The minimum absolute atomic E-state index is 0.0235. The molecule has 2 N–H and O–H groups in total. The van der Waals surface area contributed by atoms with Crippen molar-refractivity contribution in [2.75, 3.05) is 5.32 Å². The highest BCUT2D eigenvalue weighted by atomic mass is 19.4. The van der Waals surface area contributed by atoms with Crippen LogP contribution in [0, 0.1) is 5.82 Å². The zero-order valence-corrected chi connectivity index (χ0v) is 16.0. The number of ether oxygens (including phenoxy) is 1. The quantitative estimate of drug-likeness (QED) is 0.447. The summed E-state index contributed by atoms with van der Waals surface area (Å²) < 4.78 is 72.9. The average molecular weight is 451 g/mol. The molecular weight excluding hydrogens is 437 g/mol. The van der Waals surface area contributed by atoms with Crippen molar-refractivity contribution in [3.63, 3.8) is 0 Å².